The van der Waals surface area contributed by atoms with Crippen LogP contribution in [0.3, 0.4) is 0 Å². The van der Waals surface area contributed by atoms with Crippen LogP contribution in [0.1, 0.15) is 5.56 Å². The fourth-order valence-corrected chi connectivity index (χ4v) is 2.66. The largest absolute Gasteiger partial charge is 0.497 e. The number of hydrogen-bond acceptors (Lipinski definition) is 5. The highest BCUT2D eigenvalue weighted by Gasteiger charge is 2.10. The molecule has 1 N–H and O–H groups in total. The summed E-state index contributed by atoms with van der Waals surface area (Å²) in [5.74, 6) is 0.674. The molecule has 0 saturated carbocycles. The van der Waals surface area contributed by atoms with Crippen LogP contribution in [0.25, 0.3) is 5.69 Å². The third-order valence-electron chi connectivity index (χ3n) is 3.58. The molecule has 9 heteroatoms. The topological polar surface area (TPSA) is 68.5 Å². The van der Waals surface area contributed by atoms with Crippen LogP contribution in [0, 0.1) is 0 Å². The molecule has 6 nitrogen and oxygen atoms in total. The van der Waals surface area contributed by atoms with Crippen molar-refractivity contribution in [2.45, 2.75) is 0 Å². The molecule has 0 aliphatic rings. The molecule has 0 radical (unpaired) electrons. The van der Waals surface area contributed by atoms with Crippen molar-refractivity contribution in [1.82, 2.24) is 9.78 Å². The Hall–Kier alpha value is -2.54. The fraction of sp³-hybridized carbons (Fsp3) is 0.0556. The molecule has 0 fully saturated rings. The number of hydrogen-bond donors (Lipinski definition) is 1. The number of nitrogens with zero attached hydrogens (tertiary/aromatic N) is 3. The van der Waals surface area contributed by atoms with Gasteiger partial charge in [-0.25, -0.2) is 0 Å². The minimum atomic E-state index is -0.475. The SMILES string of the molecule is COc1ccc(-n2ncc(N/N=C\c3ccc(Cl)c(Cl)c3)c(Cl)c2=O)cc1. The molecule has 0 amide bonds. The lowest BCUT2D eigenvalue weighted by Gasteiger charge is -2.08. The zero-order valence-electron chi connectivity index (χ0n) is 14.0. The zero-order chi connectivity index (χ0) is 19.4. The van der Waals surface area contributed by atoms with Crippen molar-refractivity contribution in [3.63, 3.8) is 0 Å². The van der Waals surface area contributed by atoms with E-state index in [0.29, 0.717) is 21.5 Å². The molecule has 0 atom stereocenters. The van der Waals surface area contributed by atoms with E-state index in [1.165, 1.54) is 17.1 Å². The molecule has 2 aromatic carbocycles. The van der Waals surface area contributed by atoms with Crippen molar-refractivity contribution in [2.24, 2.45) is 5.10 Å². The third kappa shape index (κ3) is 4.42. The van der Waals surface area contributed by atoms with Crippen LogP contribution in [0.2, 0.25) is 15.1 Å². The van der Waals surface area contributed by atoms with Crippen LogP contribution < -0.4 is 15.7 Å². The van der Waals surface area contributed by atoms with Gasteiger partial charge in [-0.05, 0) is 42.0 Å². The Morgan fingerprint density at radius 1 is 1.11 bits per heavy atom. The van der Waals surface area contributed by atoms with Crippen molar-refractivity contribution >= 4 is 46.7 Å². The smallest absolute Gasteiger partial charge is 0.292 e. The van der Waals surface area contributed by atoms with E-state index >= 15 is 0 Å². The molecule has 0 saturated heterocycles. The number of rotatable bonds is 5. The maximum atomic E-state index is 12.5. The summed E-state index contributed by atoms with van der Waals surface area (Å²) in [6.45, 7) is 0. The number of ether oxygens (including phenoxy) is 1. The monoisotopic (exact) mass is 422 g/mol. The molecule has 0 aliphatic carbocycles. The average molecular weight is 424 g/mol. The van der Waals surface area contributed by atoms with Gasteiger partial charge in [0.05, 0.1) is 35.3 Å². The van der Waals surface area contributed by atoms with Gasteiger partial charge in [-0.1, -0.05) is 40.9 Å². The number of halogens is 3. The molecule has 1 heterocycles. The van der Waals surface area contributed by atoms with Crippen molar-refractivity contribution < 1.29 is 4.74 Å². The number of nitrogens with one attached hydrogen (secondary N) is 1. The van der Waals surface area contributed by atoms with E-state index in [9.17, 15) is 4.79 Å². The van der Waals surface area contributed by atoms with Gasteiger partial charge in [-0.2, -0.15) is 14.9 Å². The quantitative estimate of drug-likeness (QED) is 0.479. The second-order valence-electron chi connectivity index (χ2n) is 5.33. The lowest BCUT2D eigenvalue weighted by Crippen LogP contribution is -2.22. The van der Waals surface area contributed by atoms with Gasteiger partial charge in [0.1, 0.15) is 16.5 Å². The number of anilines is 1. The lowest BCUT2D eigenvalue weighted by atomic mass is 10.2. The summed E-state index contributed by atoms with van der Waals surface area (Å²) in [7, 11) is 1.56. The Kier molecular flexibility index (Phi) is 6.01. The van der Waals surface area contributed by atoms with E-state index in [2.05, 4.69) is 15.6 Å². The summed E-state index contributed by atoms with van der Waals surface area (Å²) in [5, 5.41) is 9.00. The zero-order valence-corrected chi connectivity index (χ0v) is 16.3. The van der Waals surface area contributed by atoms with Gasteiger partial charge in [0.2, 0.25) is 0 Å². The van der Waals surface area contributed by atoms with E-state index in [1.807, 2.05) is 0 Å². The van der Waals surface area contributed by atoms with Crippen molar-refractivity contribution in [1.29, 1.82) is 0 Å². The Balaban J connectivity index is 1.81. The molecule has 0 spiro atoms. The maximum Gasteiger partial charge on any atom is 0.292 e. The summed E-state index contributed by atoms with van der Waals surface area (Å²) >= 11 is 18.0. The first-order valence-electron chi connectivity index (χ1n) is 7.66. The predicted octanol–water partition coefficient (Wildman–Crippen LogP) is 4.65. The van der Waals surface area contributed by atoms with Gasteiger partial charge in [0.25, 0.3) is 5.56 Å². The van der Waals surface area contributed by atoms with Gasteiger partial charge in [0.15, 0.2) is 0 Å². The first-order valence-corrected chi connectivity index (χ1v) is 8.79. The first kappa shape index (κ1) is 19.2. The van der Waals surface area contributed by atoms with Gasteiger partial charge in [-0.15, -0.1) is 0 Å². The highest BCUT2D eigenvalue weighted by Crippen LogP contribution is 2.22. The van der Waals surface area contributed by atoms with Crippen LogP contribution in [0.15, 0.2) is 58.6 Å². The number of hydrazone groups is 1. The van der Waals surface area contributed by atoms with Crippen LogP contribution in [0.5, 0.6) is 5.75 Å². The lowest BCUT2D eigenvalue weighted by molar-refractivity contribution is 0.414. The molecule has 0 aliphatic heterocycles. The van der Waals surface area contributed by atoms with Gasteiger partial charge in [0, 0.05) is 0 Å². The first-order chi connectivity index (χ1) is 13.0. The van der Waals surface area contributed by atoms with E-state index < -0.39 is 5.56 Å². The summed E-state index contributed by atoms with van der Waals surface area (Å²) in [6.07, 6.45) is 2.94. The van der Waals surface area contributed by atoms with Crippen LogP contribution in [-0.2, 0) is 0 Å². The van der Waals surface area contributed by atoms with Crippen LogP contribution in [-0.4, -0.2) is 23.1 Å². The Labute approximate surface area is 169 Å². The average Bonchev–Trinajstić information content (AvgIpc) is 2.68. The summed E-state index contributed by atoms with van der Waals surface area (Å²) in [4.78, 5) is 12.5. The molecule has 0 unspecified atom stereocenters. The van der Waals surface area contributed by atoms with Gasteiger partial charge >= 0.3 is 0 Å². The summed E-state index contributed by atoms with van der Waals surface area (Å²) in [6, 6.07) is 11.9. The third-order valence-corrected chi connectivity index (χ3v) is 4.68. The summed E-state index contributed by atoms with van der Waals surface area (Å²) in [5.41, 5.74) is 3.80. The minimum Gasteiger partial charge on any atom is -0.497 e. The van der Waals surface area contributed by atoms with E-state index in [-0.39, 0.29) is 10.7 Å². The van der Waals surface area contributed by atoms with Crippen LogP contribution >= 0.6 is 34.8 Å². The van der Waals surface area contributed by atoms with E-state index in [0.717, 1.165) is 5.56 Å². The molecule has 27 heavy (non-hydrogen) atoms. The molecular weight excluding hydrogens is 411 g/mol. The predicted molar refractivity (Wildman–Crippen MR) is 109 cm³/mol. The molecule has 1 aromatic heterocycles. The van der Waals surface area contributed by atoms with Gasteiger partial charge in [-0.3, -0.25) is 10.2 Å². The highest BCUT2D eigenvalue weighted by molar-refractivity contribution is 6.42. The normalized spacial score (nSPS) is 11.0. The molecule has 138 valence electrons. The Bertz CT molecular complexity index is 1050. The standard InChI is InChI=1S/C18H13Cl3N4O2/c1-27-13-5-3-12(4-6-13)25-18(26)17(21)16(10-23-25)24-22-9-11-2-7-14(19)15(20)8-11/h2-10,24H,1H3/b22-9-. The molecule has 3 rings (SSSR count). The second kappa shape index (κ2) is 8.43. The minimum absolute atomic E-state index is 0.0351. The second-order valence-corrected chi connectivity index (χ2v) is 6.52. The van der Waals surface area contributed by atoms with Crippen LogP contribution in [0.4, 0.5) is 5.69 Å². The molecule has 3 aromatic rings. The Morgan fingerprint density at radius 3 is 2.52 bits per heavy atom. The molecular formula is C18H13Cl3N4O2. The summed E-state index contributed by atoms with van der Waals surface area (Å²) < 4.78 is 6.29. The van der Waals surface area contributed by atoms with Crippen molar-refractivity contribution in [2.75, 3.05) is 12.5 Å². The number of methoxy groups -OCH3 is 1. The van der Waals surface area contributed by atoms with Gasteiger partial charge < -0.3 is 4.74 Å². The molecule has 0 bridgehead atoms. The van der Waals surface area contributed by atoms with Crippen molar-refractivity contribution in [3.8, 4) is 11.4 Å². The Morgan fingerprint density at radius 2 is 1.85 bits per heavy atom. The maximum absolute atomic E-state index is 12.5. The highest BCUT2D eigenvalue weighted by atomic mass is 35.5. The number of aromatic nitrogens is 2. The van der Waals surface area contributed by atoms with E-state index in [4.69, 9.17) is 39.5 Å². The van der Waals surface area contributed by atoms with E-state index in [1.54, 1.807) is 49.6 Å². The fourth-order valence-electron chi connectivity index (χ4n) is 2.19. The number of benzene rings is 2. The van der Waals surface area contributed by atoms with Crippen molar-refractivity contribution in [3.05, 3.63) is 79.6 Å².